The van der Waals surface area contributed by atoms with Crippen LogP contribution in [0.15, 0.2) is 66.7 Å². The van der Waals surface area contributed by atoms with E-state index < -0.39 is 0 Å². The molecule has 0 aromatic heterocycles. The summed E-state index contributed by atoms with van der Waals surface area (Å²) >= 11 is 0. The van der Waals surface area contributed by atoms with Gasteiger partial charge in [-0.15, -0.1) is 6.42 Å². The van der Waals surface area contributed by atoms with Gasteiger partial charge in [-0.25, -0.2) is 0 Å². The third-order valence-electron chi connectivity index (χ3n) is 4.18. The topological polar surface area (TPSA) is 18.5 Å². The molecule has 24 heavy (non-hydrogen) atoms. The Morgan fingerprint density at radius 3 is 2.54 bits per heavy atom. The summed E-state index contributed by atoms with van der Waals surface area (Å²) in [5.74, 6) is 5.13. The van der Waals surface area contributed by atoms with Crippen LogP contribution < -0.4 is 9.47 Å². The van der Waals surface area contributed by atoms with Gasteiger partial charge in [0.05, 0.1) is 0 Å². The molecule has 1 aliphatic heterocycles. The lowest BCUT2D eigenvalue weighted by atomic mass is 9.92. The molecule has 3 aromatic carbocycles. The third-order valence-corrected chi connectivity index (χ3v) is 4.18. The van der Waals surface area contributed by atoms with E-state index in [1.807, 2.05) is 42.5 Å². The summed E-state index contributed by atoms with van der Waals surface area (Å²) in [6.45, 7) is 0.282. The maximum atomic E-state index is 6.07. The van der Waals surface area contributed by atoms with E-state index in [2.05, 4.69) is 30.2 Å². The molecule has 0 saturated carbocycles. The number of rotatable bonds is 3. The Balaban J connectivity index is 1.70. The van der Waals surface area contributed by atoms with Gasteiger partial charge in [0, 0.05) is 12.0 Å². The van der Waals surface area contributed by atoms with Gasteiger partial charge >= 0.3 is 0 Å². The molecule has 1 aliphatic rings. The molecule has 0 spiro atoms. The van der Waals surface area contributed by atoms with Gasteiger partial charge in [-0.1, -0.05) is 48.4 Å². The Hall–Kier alpha value is -3.18. The first kappa shape index (κ1) is 14.4. The van der Waals surface area contributed by atoms with Gasteiger partial charge in [-0.05, 0) is 41.0 Å². The molecule has 0 N–H and O–H groups in total. The van der Waals surface area contributed by atoms with Gasteiger partial charge in [0.2, 0.25) is 0 Å². The van der Waals surface area contributed by atoms with Crippen LogP contribution in [0, 0.1) is 12.3 Å². The quantitative estimate of drug-likeness (QED) is 0.492. The van der Waals surface area contributed by atoms with E-state index in [1.165, 1.54) is 16.7 Å². The van der Waals surface area contributed by atoms with E-state index in [9.17, 15) is 0 Å². The number of benzene rings is 3. The first-order chi connectivity index (χ1) is 11.8. The van der Waals surface area contributed by atoms with E-state index in [0.29, 0.717) is 0 Å². The monoisotopic (exact) mass is 312 g/mol. The zero-order valence-corrected chi connectivity index (χ0v) is 13.2. The highest BCUT2D eigenvalue weighted by molar-refractivity contribution is 5.72. The second kappa shape index (κ2) is 6.14. The molecule has 0 unspecified atom stereocenters. The van der Waals surface area contributed by atoms with Crippen molar-refractivity contribution in [3.05, 3.63) is 77.9 Å². The number of hydrogen-bond donors (Lipinski definition) is 0. The van der Waals surface area contributed by atoms with Crippen molar-refractivity contribution < 1.29 is 9.47 Å². The standard InChI is InChI=1S/C22H16O2/c1-2-14-23-18-12-10-16(11-13-18)19-7-5-9-22-20(19)15-17-6-3-4-8-21(17)24-22/h1,3-13H,14-15H2. The Labute approximate surface area is 141 Å². The molecule has 4 rings (SSSR count). The number of terminal acetylenes is 1. The van der Waals surface area contributed by atoms with Crippen LogP contribution in [0.25, 0.3) is 11.1 Å². The smallest absolute Gasteiger partial charge is 0.148 e. The van der Waals surface area contributed by atoms with E-state index in [4.69, 9.17) is 15.9 Å². The Morgan fingerprint density at radius 2 is 1.71 bits per heavy atom. The second-order valence-corrected chi connectivity index (χ2v) is 5.69. The average molecular weight is 312 g/mol. The zero-order chi connectivity index (χ0) is 16.4. The van der Waals surface area contributed by atoms with Gasteiger partial charge in [0.15, 0.2) is 0 Å². The van der Waals surface area contributed by atoms with Gasteiger partial charge in [-0.2, -0.15) is 0 Å². The predicted octanol–water partition coefficient (Wildman–Crippen LogP) is 5.06. The summed E-state index contributed by atoms with van der Waals surface area (Å²) in [5, 5.41) is 0. The van der Waals surface area contributed by atoms with Crippen molar-refractivity contribution in [3.8, 4) is 40.7 Å². The van der Waals surface area contributed by atoms with Crippen LogP contribution in [0.4, 0.5) is 0 Å². The lowest BCUT2D eigenvalue weighted by molar-refractivity contribution is 0.370. The van der Waals surface area contributed by atoms with Crippen LogP contribution in [0.3, 0.4) is 0 Å². The largest absolute Gasteiger partial charge is 0.481 e. The van der Waals surface area contributed by atoms with Crippen molar-refractivity contribution in [1.82, 2.24) is 0 Å². The van der Waals surface area contributed by atoms with Crippen molar-refractivity contribution in [2.24, 2.45) is 0 Å². The molecule has 0 radical (unpaired) electrons. The minimum Gasteiger partial charge on any atom is -0.481 e. The average Bonchev–Trinajstić information content (AvgIpc) is 2.64. The van der Waals surface area contributed by atoms with Crippen LogP contribution in [-0.2, 0) is 6.42 Å². The maximum Gasteiger partial charge on any atom is 0.148 e. The van der Waals surface area contributed by atoms with Crippen molar-refractivity contribution >= 4 is 0 Å². The van der Waals surface area contributed by atoms with Crippen molar-refractivity contribution in [3.63, 3.8) is 0 Å². The molecule has 0 saturated heterocycles. The molecule has 0 atom stereocenters. The fourth-order valence-corrected chi connectivity index (χ4v) is 3.03. The van der Waals surface area contributed by atoms with Gasteiger partial charge in [0.1, 0.15) is 23.9 Å². The van der Waals surface area contributed by atoms with E-state index in [1.54, 1.807) is 0 Å². The van der Waals surface area contributed by atoms with Crippen LogP contribution in [0.5, 0.6) is 17.2 Å². The molecular formula is C22H16O2. The highest BCUT2D eigenvalue weighted by Crippen LogP contribution is 2.41. The molecular weight excluding hydrogens is 296 g/mol. The van der Waals surface area contributed by atoms with Gasteiger partial charge < -0.3 is 9.47 Å². The summed E-state index contributed by atoms with van der Waals surface area (Å²) in [6, 6.07) is 22.4. The van der Waals surface area contributed by atoms with Gasteiger partial charge in [0.25, 0.3) is 0 Å². The summed E-state index contributed by atoms with van der Waals surface area (Å²) in [6.07, 6.45) is 6.10. The molecule has 2 heteroatoms. The first-order valence-electron chi connectivity index (χ1n) is 7.89. The number of ether oxygens (including phenoxy) is 2. The fraction of sp³-hybridized carbons (Fsp3) is 0.0909. The van der Waals surface area contributed by atoms with Crippen molar-refractivity contribution in [2.45, 2.75) is 6.42 Å². The molecule has 0 aliphatic carbocycles. The van der Waals surface area contributed by atoms with Crippen LogP contribution in [0.2, 0.25) is 0 Å². The zero-order valence-electron chi connectivity index (χ0n) is 13.2. The van der Waals surface area contributed by atoms with Crippen molar-refractivity contribution in [2.75, 3.05) is 6.61 Å². The highest BCUT2D eigenvalue weighted by atomic mass is 16.5. The lowest BCUT2D eigenvalue weighted by Gasteiger charge is -2.22. The Morgan fingerprint density at radius 1 is 0.917 bits per heavy atom. The summed E-state index contributed by atoms with van der Waals surface area (Å²) < 4.78 is 11.5. The van der Waals surface area contributed by atoms with Crippen LogP contribution in [0.1, 0.15) is 11.1 Å². The minimum absolute atomic E-state index is 0.282. The first-order valence-corrected chi connectivity index (χ1v) is 7.89. The molecule has 0 amide bonds. The minimum atomic E-state index is 0.282. The van der Waals surface area contributed by atoms with Gasteiger partial charge in [-0.3, -0.25) is 0 Å². The molecule has 116 valence electrons. The number of fused-ring (bicyclic) bond motifs is 2. The van der Waals surface area contributed by atoms with Crippen LogP contribution >= 0.6 is 0 Å². The normalized spacial score (nSPS) is 11.6. The summed E-state index contributed by atoms with van der Waals surface area (Å²) in [5.41, 5.74) is 4.76. The van der Waals surface area contributed by atoms with E-state index in [0.717, 1.165) is 29.2 Å². The highest BCUT2D eigenvalue weighted by Gasteiger charge is 2.19. The van der Waals surface area contributed by atoms with Crippen LogP contribution in [-0.4, -0.2) is 6.61 Å². The second-order valence-electron chi connectivity index (χ2n) is 5.69. The molecule has 2 nitrogen and oxygen atoms in total. The Bertz CT molecular complexity index is 917. The summed E-state index contributed by atoms with van der Waals surface area (Å²) in [7, 11) is 0. The molecule has 0 bridgehead atoms. The number of para-hydroxylation sites is 1. The van der Waals surface area contributed by atoms with Crippen molar-refractivity contribution in [1.29, 1.82) is 0 Å². The SMILES string of the molecule is C#CCOc1ccc(-c2cccc3c2Cc2ccccc2O3)cc1. The predicted molar refractivity (Wildman–Crippen MR) is 95.5 cm³/mol. The molecule has 3 aromatic rings. The third kappa shape index (κ3) is 2.61. The lowest BCUT2D eigenvalue weighted by Crippen LogP contribution is -2.04. The maximum absolute atomic E-state index is 6.07. The number of hydrogen-bond acceptors (Lipinski definition) is 2. The molecule has 1 heterocycles. The fourth-order valence-electron chi connectivity index (χ4n) is 3.03. The molecule has 0 fully saturated rings. The Kier molecular flexibility index (Phi) is 3.69. The summed E-state index contributed by atoms with van der Waals surface area (Å²) in [4.78, 5) is 0. The van der Waals surface area contributed by atoms with E-state index >= 15 is 0 Å². The van der Waals surface area contributed by atoms with E-state index in [-0.39, 0.29) is 6.61 Å².